The number of nitrogens with zero attached hydrogens (tertiary/aromatic N) is 3. The van der Waals surface area contributed by atoms with Crippen LogP contribution in [0.3, 0.4) is 0 Å². The Morgan fingerprint density at radius 2 is 2.18 bits per heavy atom. The fourth-order valence-electron chi connectivity index (χ4n) is 3.70. The number of aliphatic hydroxyl groups is 1. The second kappa shape index (κ2) is 8.76. The van der Waals surface area contributed by atoms with Crippen LogP contribution in [-0.4, -0.2) is 33.8 Å². The van der Waals surface area contributed by atoms with Crippen molar-refractivity contribution in [1.29, 1.82) is 5.26 Å². The topological polar surface area (TPSA) is 93.9 Å². The number of aliphatic hydroxyl groups excluding tert-OH is 1. The molecular formula is C21H26ClN5O. The fraction of sp³-hybridized carbons (Fsp3) is 0.476. The number of nitriles is 1. The Balaban J connectivity index is 1.67. The van der Waals surface area contributed by atoms with E-state index in [4.69, 9.17) is 11.6 Å². The van der Waals surface area contributed by atoms with Gasteiger partial charge in [0.25, 0.3) is 0 Å². The minimum atomic E-state index is -0.266. The van der Waals surface area contributed by atoms with Gasteiger partial charge >= 0.3 is 0 Å². The van der Waals surface area contributed by atoms with E-state index < -0.39 is 0 Å². The first-order valence-electron chi connectivity index (χ1n) is 9.57. The number of benzene rings is 1. The molecule has 148 valence electrons. The highest BCUT2D eigenvalue weighted by molar-refractivity contribution is 6.30. The largest absolute Gasteiger partial charge is 0.393 e. The van der Waals surface area contributed by atoms with E-state index in [0.29, 0.717) is 23.9 Å². The van der Waals surface area contributed by atoms with Crippen molar-refractivity contribution in [2.24, 2.45) is 5.41 Å². The fourth-order valence-corrected chi connectivity index (χ4v) is 3.92. The Morgan fingerprint density at radius 1 is 1.36 bits per heavy atom. The van der Waals surface area contributed by atoms with E-state index in [9.17, 15) is 10.4 Å². The highest BCUT2D eigenvalue weighted by Crippen LogP contribution is 2.37. The first-order valence-corrected chi connectivity index (χ1v) is 9.95. The number of nitrogens with one attached hydrogen (secondary N) is 2. The molecule has 1 aliphatic rings. The van der Waals surface area contributed by atoms with E-state index in [1.165, 1.54) is 0 Å². The molecule has 0 bridgehead atoms. The molecule has 0 saturated heterocycles. The maximum absolute atomic E-state index is 9.96. The summed E-state index contributed by atoms with van der Waals surface area (Å²) in [5, 5.41) is 26.7. The predicted molar refractivity (Wildman–Crippen MR) is 111 cm³/mol. The summed E-state index contributed by atoms with van der Waals surface area (Å²) in [7, 11) is 0. The van der Waals surface area contributed by atoms with Crippen molar-refractivity contribution in [1.82, 2.24) is 9.97 Å². The molecule has 2 aromatic rings. The second-order valence-corrected chi connectivity index (χ2v) is 8.43. The Morgan fingerprint density at radius 3 is 2.89 bits per heavy atom. The molecule has 6 nitrogen and oxygen atoms in total. The van der Waals surface area contributed by atoms with Crippen molar-refractivity contribution in [3.8, 4) is 6.07 Å². The van der Waals surface area contributed by atoms with Crippen molar-refractivity contribution in [3.63, 3.8) is 0 Å². The highest BCUT2D eigenvalue weighted by atomic mass is 35.5. The average molecular weight is 400 g/mol. The van der Waals surface area contributed by atoms with Crippen molar-refractivity contribution >= 4 is 23.4 Å². The van der Waals surface area contributed by atoms with E-state index in [1.807, 2.05) is 24.3 Å². The number of hydrogen-bond donors (Lipinski definition) is 3. The molecule has 0 radical (unpaired) electrons. The molecular weight excluding hydrogens is 374 g/mol. The monoisotopic (exact) mass is 399 g/mol. The lowest BCUT2D eigenvalue weighted by Crippen LogP contribution is -2.43. The molecule has 1 aliphatic carbocycles. The van der Waals surface area contributed by atoms with Crippen molar-refractivity contribution in [2.75, 3.05) is 17.2 Å². The van der Waals surface area contributed by atoms with Gasteiger partial charge in [-0.1, -0.05) is 37.6 Å². The molecule has 0 spiro atoms. The summed E-state index contributed by atoms with van der Waals surface area (Å²) in [6, 6.07) is 10.0. The van der Waals surface area contributed by atoms with Crippen LogP contribution in [0.2, 0.25) is 5.02 Å². The van der Waals surface area contributed by atoms with Gasteiger partial charge in [-0.05, 0) is 48.8 Å². The van der Waals surface area contributed by atoms with Crippen LogP contribution in [-0.2, 0) is 6.42 Å². The molecule has 0 amide bonds. The van der Waals surface area contributed by atoms with Gasteiger partial charge in [0, 0.05) is 17.6 Å². The van der Waals surface area contributed by atoms with E-state index in [-0.39, 0.29) is 17.6 Å². The van der Waals surface area contributed by atoms with Crippen LogP contribution in [0.4, 0.5) is 11.8 Å². The van der Waals surface area contributed by atoms with Crippen LogP contribution in [0.15, 0.2) is 30.5 Å². The number of halogens is 1. The Kier molecular flexibility index (Phi) is 6.38. The summed E-state index contributed by atoms with van der Waals surface area (Å²) < 4.78 is 0. The minimum Gasteiger partial charge on any atom is -0.393 e. The van der Waals surface area contributed by atoms with Gasteiger partial charge in [0.15, 0.2) is 0 Å². The molecule has 3 rings (SSSR count). The van der Waals surface area contributed by atoms with Crippen LogP contribution < -0.4 is 10.6 Å². The van der Waals surface area contributed by atoms with Gasteiger partial charge in [0.05, 0.1) is 12.3 Å². The summed E-state index contributed by atoms with van der Waals surface area (Å²) in [5.74, 6) is 1.02. The summed E-state index contributed by atoms with van der Waals surface area (Å²) in [6.07, 6.45) is 4.38. The zero-order valence-electron chi connectivity index (χ0n) is 16.2. The van der Waals surface area contributed by atoms with Crippen LogP contribution in [0.1, 0.15) is 44.2 Å². The van der Waals surface area contributed by atoms with Crippen molar-refractivity contribution < 1.29 is 5.11 Å². The van der Waals surface area contributed by atoms with Gasteiger partial charge in [0.1, 0.15) is 17.5 Å². The van der Waals surface area contributed by atoms with Crippen LogP contribution in [0, 0.1) is 16.7 Å². The van der Waals surface area contributed by atoms with E-state index >= 15 is 0 Å². The molecule has 1 aromatic carbocycles. The van der Waals surface area contributed by atoms with Crippen LogP contribution in [0.5, 0.6) is 0 Å². The first-order chi connectivity index (χ1) is 13.4. The molecule has 7 heteroatoms. The van der Waals surface area contributed by atoms with Gasteiger partial charge in [-0.2, -0.15) is 10.2 Å². The standard InChI is InChI=1S/C21H26ClN5O/c1-21(2)11-17(28)6-7-18(21)26-19-15(12-23)13-25-20(27-19)24-9-8-14-4-3-5-16(22)10-14/h3-5,10,13,17-18,28H,6-9,11H2,1-2H3,(H2,24,25,26,27)/t17-,18-/m0/s1. The van der Waals surface area contributed by atoms with Crippen LogP contribution in [0.25, 0.3) is 0 Å². The molecule has 0 aliphatic heterocycles. The zero-order chi connectivity index (χ0) is 20.1. The van der Waals surface area contributed by atoms with E-state index in [2.05, 4.69) is 40.5 Å². The lowest BCUT2D eigenvalue weighted by atomic mass is 9.72. The Bertz CT molecular complexity index is 864. The lowest BCUT2D eigenvalue weighted by molar-refractivity contribution is 0.0572. The lowest BCUT2D eigenvalue weighted by Gasteiger charge is -2.41. The summed E-state index contributed by atoms with van der Waals surface area (Å²) in [6.45, 7) is 4.92. The molecule has 0 unspecified atom stereocenters. The first kappa shape index (κ1) is 20.4. The summed E-state index contributed by atoms with van der Waals surface area (Å²) in [5.41, 5.74) is 1.46. The molecule has 1 heterocycles. The Hall–Kier alpha value is -2.36. The number of rotatable bonds is 6. The molecule has 1 fully saturated rings. The van der Waals surface area contributed by atoms with E-state index in [0.717, 1.165) is 36.3 Å². The van der Waals surface area contributed by atoms with Gasteiger partial charge < -0.3 is 15.7 Å². The SMILES string of the molecule is CC1(C)C[C@@H](O)CC[C@@H]1Nc1nc(NCCc2cccc(Cl)c2)ncc1C#N. The van der Waals surface area contributed by atoms with Gasteiger partial charge in [-0.15, -0.1) is 0 Å². The number of aromatic nitrogens is 2. The molecule has 1 aromatic heterocycles. The quantitative estimate of drug-likeness (QED) is 0.679. The van der Waals surface area contributed by atoms with E-state index in [1.54, 1.807) is 6.20 Å². The average Bonchev–Trinajstić information content (AvgIpc) is 2.64. The van der Waals surface area contributed by atoms with Gasteiger partial charge in [-0.25, -0.2) is 4.98 Å². The summed E-state index contributed by atoms with van der Waals surface area (Å²) in [4.78, 5) is 8.78. The highest BCUT2D eigenvalue weighted by Gasteiger charge is 2.36. The van der Waals surface area contributed by atoms with Crippen molar-refractivity contribution in [2.45, 2.75) is 51.7 Å². The third kappa shape index (κ3) is 5.12. The van der Waals surface area contributed by atoms with Crippen molar-refractivity contribution in [3.05, 3.63) is 46.6 Å². The predicted octanol–water partition coefficient (Wildman–Crippen LogP) is 4.01. The molecule has 1 saturated carbocycles. The third-order valence-electron chi connectivity index (χ3n) is 5.30. The second-order valence-electron chi connectivity index (χ2n) is 8.00. The maximum atomic E-state index is 9.96. The number of anilines is 2. The maximum Gasteiger partial charge on any atom is 0.224 e. The molecule has 3 N–H and O–H groups in total. The molecule has 28 heavy (non-hydrogen) atoms. The van der Waals surface area contributed by atoms with Gasteiger partial charge in [-0.3, -0.25) is 0 Å². The van der Waals surface area contributed by atoms with Gasteiger partial charge in [0.2, 0.25) is 5.95 Å². The smallest absolute Gasteiger partial charge is 0.224 e. The minimum absolute atomic E-state index is 0.0878. The summed E-state index contributed by atoms with van der Waals surface area (Å²) >= 11 is 6.02. The third-order valence-corrected chi connectivity index (χ3v) is 5.53. The number of hydrogen-bond acceptors (Lipinski definition) is 6. The zero-order valence-corrected chi connectivity index (χ0v) is 17.0. The molecule has 2 atom stereocenters. The van der Waals surface area contributed by atoms with Crippen LogP contribution >= 0.6 is 11.6 Å². The Labute approximate surface area is 171 Å². The normalized spacial score (nSPS) is 21.0.